The summed E-state index contributed by atoms with van der Waals surface area (Å²) in [4.78, 5) is 15.3. The Balaban J connectivity index is 1.42. The summed E-state index contributed by atoms with van der Waals surface area (Å²) in [5.41, 5.74) is 5.32. The topological polar surface area (TPSA) is 38.8 Å². The zero-order chi connectivity index (χ0) is 24.4. The lowest BCUT2D eigenvalue weighted by Gasteiger charge is -2.62. The highest BCUT2D eigenvalue weighted by Gasteiger charge is 2.62. The number of para-hydroxylation sites is 2. The molecule has 184 valence electrons. The van der Waals surface area contributed by atoms with E-state index in [4.69, 9.17) is 9.47 Å². The van der Waals surface area contributed by atoms with Crippen LogP contribution in [0.1, 0.15) is 49.7 Å². The van der Waals surface area contributed by atoms with Crippen molar-refractivity contribution in [2.24, 2.45) is 23.7 Å². The van der Waals surface area contributed by atoms with Gasteiger partial charge in [-0.3, -0.25) is 0 Å². The first-order chi connectivity index (χ1) is 17.5. The van der Waals surface area contributed by atoms with Crippen LogP contribution in [0.15, 0.2) is 72.8 Å². The summed E-state index contributed by atoms with van der Waals surface area (Å²) in [7, 11) is 0. The van der Waals surface area contributed by atoms with Gasteiger partial charge in [0.1, 0.15) is 11.4 Å². The zero-order valence-electron chi connectivity index (χ0n) is 21.0. The smallest absolute Gasteiger partial charge is 0.344 e. The number of hydrogen-bond acceptors (Lipinski definition) is 4. The third-order valence-corrected chi connectivity index (χ3v) is 9.52. The molecule has 3 aromatic carbocycles. The molecular formula is C32H33NO3. The summed E-state index contributed by atoms with van der Waals surface area (Å²) in [6.45, 7) is 4.31. The molecule has 4 nitrogen and oxygen atoms in total. The molecule has 4 heteroatoms. The van der Waals surface area contributed by atoms with Crippen LogP contribution in [0.5, 0.6) is 5.75 Å². The molecule has 0 N–H and O–H groups in total. The second-order valence-electron chi connectivity index (χ2n) is 11.5. The van der Waals surface area contributed by atoms with Gasteiger partial charge in [0.25, 0.3) is 0 Å². The summed E-state index contributed by atoms with van der Waals surface area (Å²) in [6.07, 6.45) is 4.77. The average molecular weight is 480 g/mol. The molecule has 0 amide bonds. The highest BCUT2D eigenvalue weighted by atomic mass is 16.6. The fraction of sp³-hybridized carbons (Fsp3) is 0.406. The van der Waals surface area contributed by atoms with E-state index in [-0.39, 0.29) is 12.6 Å². The van der Waals surface area contributed by atoms with Crippen molar-refractivity contribution >= 4 is 23.0 Å². The van der Waals surface area contributed by atoms with Gasteiger partial charge in [-0.05, 0) is 105 Å². The Kier molecular flexibility index (Phi) is 4.96. The number of esters is 1. The van der Waals surface area contributed by atoms with Crippen LogP contribution in [-0.2, 0) is 9.53 Å². The SMILES string of the molecule is Cc1cc(N(c2ccccc2)c2ccccc2)cc2c1OCC(=O)OC1(C)C3CC4CC(C3)C2C1C4. The minimum atomic E-state index is -0.400. The standard InChI is InChI=1S/C32H33NO3/c1-20-13-26(33(24-9-5-3-6-10-24)25-11-7-4-8-12-25)18-27-30-22-14-21-15-23(17-22)32(2,28(30)16-21)36-29(34)19-35-31(20)27/h3-13,18,21-23,28,30H,14-17,19H2,1-2H3. The highest BCUT2D eigenvalue weighted by molar-refractivity contribution is 5.78. The Hall–Kier alpha value is -3.27. The second-order valence-corrected chi connectivity index (χ2v) is 11.5. The monoisotopic (exact) mass is 479 g/mol. The van der Waals surface area contributed by atoms with E-state index < -0.39 is 5.60 Å². The minimum absolute atomic E-state index is 0.0237. The van der Waals surface area contributed by atoms with Crippen molar-refractivity contribution in [3.05, 3.63) is 83.9 Å². The van der Waals surface area contributed by atoms with E-state index in [0.29, 0.717) is 23.7 Å². The quantitative estimate of drug-likeness (QED) is 0.369. The third-order valence-electron chi connectivity index (χ3n) is 9.52. The minimum Gasteiger partial charge on any atom is -0.481 e. The first kappa shape index (κ1) is 22.0. The highest BCUT2D eigenvalue weighted by Crippen LogP contribution is 2.66. The molecule has 4 saturated carbocycles. The van der Waals surface area contributed by atoms with Crippen LogP contribution in [-0.4, -0.2) is 18.2 Å². The number of carbonyl (C=O) groups excluding carboxylic acids is 1. The maximum atomic E-state index is 12.9. The molecule has 6 atom stereocenters. The Bertz CT molecular complexity index is 1270. The van der Waals surface area contributed by atoms with Gasteiger partial charge >= 0.3 is 5.97 Å². The van der Waals surface area contributed by atoms with Crippen LogP contribution >= 0.6 is 0 Å². The molecule has 0 saturated heterocycles. The summed E-state index contributed by atoms with van der Waals surface area (Å²) in [5.74, 6) is 3.20. The van der Waals surface area contributed by atoms with Gasteiger partial charge in [-0.15, -0.1) is 0 Å². The van der Waals surface area contributed by atoms with E-state index in [1.165, 1.54) is 18.4 Å². The van der Waals surface area contributed by atoms with Gasteiger partial charge in [-0.25, -0.2) is 4.79 Å². The van der Waals surface area contributed by atoms with Crippen molar-refractivity contribution in [2.75, 3.05) is 11.5 Å². The van der Waals surface area contributed by atoms with Gasteiger partial charge < -0.3 is 14.4 Å². The number of nitrogens with zero attached hydrogens (tertiary/aromatic N) is 1. The van der Waals surface area contributed by atoms with Gasteiger partial charge in [0.05, 0.1) is 0 Å². The van der Waals surface area contributed by atoms with E-state index in [1.807, 2.05) is 0 Å². The predicted octanol–water partition coefficient (Wildman–Crippen LogP) is 7.31. The number of fused-ring (bicyclic) bond motifs is 1. The molecule has 6 unspecified atom stereocenters. The zero-order valence-corrected chi connectivity index (χ0v) is 21.0. The van der Waals surface area contributed by atoms with Gasteiger partial charge in [0, 0.05) is 28.5 Å². The maximum absolute atomic E-state index is 12.9. The molecule has 8 rings (SSSR count). The lowest BCUT2D eigenvalue weighted by atomic mass is 9.45. The molecule has 5 aliphatic rings. The largest absolute Gasteiger partial charge is 0.481 e. The van der Waals surface area contributed by atoms with Crippen LogP contribution in [0.4, 0.5) is 17.1 Å². The van der Waals surface area contributed by atoms with Crippen molar-refractivity contribution in [2.45, 2.75) is 51.0 Å². The van der Waals surface area contributed by atoms with Gasteiger partial charge in [0.15, 0.2) is 6.61 Å². The fourth-order valence-corrected chi connectivity index (χ4v) is 8.16. The van der Waals surface area contributed by atoms with Crippen LogP contribution in [0.3, 0.4) is 0 Å². The lowest BCUT2D eigenvalue weighted by molar-refractivity contribution is -0.208. The number of benzene rings is 3. The molecule has 0 radical (unpaired) electrons. The average Bonchev–Trinajstić information content (AvgIpc) is 2.91. The van der Waals surface area contributed by atoms with Crippen molar-refractivity contribution in [3.8, 4) is 5.75 Å². The van der Waals surface area contributed by atoms with Gasteiger partial charge in [-0.2, -0.15) is 0 Å². The Morgan fingerprint density at radius 3 is 2.25 bits per heavy atom. The Labute approximate surface area is 213 Å². The van der Waals surface area contributed by atoms with E-state index in [9.17, 15) is 4.79 Å². The van der Waals surface area contributed by atoms with Crippen molar-refractivity contribution in [3.63, 3.8) is 0 Å². The summed E-state index contributed by atoms with van der Waals surface area (Å²) >= 11 is 0. The molecule has 4 fully saturated rings. The first-order valence-corrected chi connectivity index (χ1v) is 13.4. The molecule has 6 bridgehead atoms. The Morgan fingerprint density at radius 2 is 1.56 bits per heavy atom. The van der Waals surface area contributed by atoms with Crippen LogP contribution in [0, 0.1) is 30.6 Å². The molecule has 0 aromatic heterocycles. The van der Waals surface area contributed by atoms with Crippen molar-refractivity contribution < 1.29 is 14.3 Å². The number of rotatable bonds is 3. The number of aryl methyl sites for hydroxylation is 1. The van der Waals surface area contributed by atoms with Crippen LogP contribution in [0.25, 0.3) is 0 Å². The number of carbonyl (C=O) groups is 1. The molecule has 36 heavy (non-hydrogen) atoms. The van der Waals surface area contributed by atoms with Gasteiger partial charge in [-0.1, -0.05) is 36.4 Å². The van der Waals surface area contributed by atoms with E-state index >= 15 is 0 Å². The molecule has 3 aromatic rings. The summed E-state index contributed by atoms with van der Waals surface area (Å²) in [6, 6.07) is 25.7. The molecule has 4 aliphatic carbocycles. The van der Waals surface area contributed by atoms with Gasteiger partial charge in [0.2, 0.25) is 0 Å². The van der Waals surface area contributed by atoms with E-state index in [2.05, 4.69) is 91.5 Å². The number of anilines is 3. The first-order valence-electron chi connectivity index (χ1n) is 13.4. The maximum Gasteiger partial charge on any atom is 0.344 e. The molecule has 0 spiro atoms. The van der Waals surface area contributed by atoms with Crippen molar-refractivity contribution in [1.29, 1.82) is 0 Å². The van der Waals surface area contributed by atoms with E-state index in [1.54, 1.807) is 0 Å². The third kappa shape index (κ3) is 3.30. The summed E-state index contributed by atoms with van der Waals surface area (Å²) < 4.78 is 12.6. The number of ether oxygens (including phenoxy) is 2. The fourth-order valence-electron chi connectivity index (χ4n) is 8.16. The molecule has 1 aliphatic heterocycles. The van der Waals surface area contributed by atoms with Crippen LogP contribution in [0.2, 0.25) is 0 Å². The lowest BCUT2D eigenvalue weighted by Crippen LogP contribution is -2.61. The predicted molar refractivity (Wildman–Crippen MR) is 141 cm³/mol. The molecule has 1 heterocycles. The second kappa shape index (κ2) is 8.12. The number of hydrogen-bond donors (Lipinski definition) is 0. The normalized spacial score (nSPS) is 31.9. The van der Waals surface area contributed by atoms with E-state index in [0.717, 1.165) is 47.1 Å². The van der Waals surface area contributed by atoms with Crippen molar-refractivity contribution in [1.82, 2.24) is 0 Å². The molecular weight excluding hydrogens is 446 g/mol. The van der Waals surface area contributed by atoms with Crippen LogP contribution < -0.4 is 9.64 Å². The Morgan fingerprint density at radius 1 is 0.861 bits per heavy atom. The summed E-state index contributed by atoms with van der Waals surface area (Å²) in [5, 5.41) is 0.